The standard InChI is InChI=1S/C6H16N2O/c1-6(5-9)4-7-8(2)3/h6-7,9H,4-5H2,1-3H3. The van der Waals surface area contributed by atoms with Crippen LogP contribution in [0.15, 0.2) is 0 Å². The molecule has 0 saturated heterocycles. The van der Waals surface area contributed by atoms with Crippen molar-refractivity contribution in [2.45, 2.75) is 6.92 Å². The summed E-state index contributed by atoms with van der Waals surface area (Å²) < 4.78 is 0. The van der Waals surface area contributed by atoms with Crippen molar-refractivity contribution in [1.82, 2.24) is 10.4 Å². The molecule has 0 bridgehead atoms. The highest BCUT2D eigenvalue weighted by Crippen LogP contribution is 1.87. The predicted octanol–water partition coefficient (Wildman–Crippen LogP) is -0.319. The van der Waals surface area contributed by atoms with Crippen LogP contribution in [0.25, 0.3) is 0 Å². The Balaban J connectivity index is 3.06. The van der Waals surface area contributed by atoms with Crippen LogP contribution in [0.2, 0.25) is 0 Å². The number of aliphatic hydroxyl groups excluding tert-OH is 1. The molecular weight excluding hydrogens is 116 g/mol. The van der Waals surface area contributed by atoms with E-state index in [1.54, 1.807) is 0 Å². The van der Waals surface area contributed by atoms with Crippen molar-refractivity contribution in [2.24, 2.45) is 5.92 Å². The Morgan fingerprint density at radius 2 is 2.11 bits per heavy atom. The molecule has 0 fully saturated rings. The van der Waals surface area contributed by atoms with Gasteiger partial charge in [-0.2, -0.15) is 0 Å². The van der Waals surface area contributed by atoms with Gasteiger partial charge in [-0.15, -0.1) is 0 Å². The summed E-state index contributed by atoms with van der Waals surface area (Å²) in [6.45, 7) is 3.08. The van der Waals surface area contributed by atoms with Crippen LogP contribution >= 0.6 is 0 Å². The first-order valence-corrected chi connectivity index (χ1v) is 3.18. The van der Waals surface area contributed by atoms with Gasteiger partial charge >= 0.3 is 0 Å². The van der Waals surface area contributed by atoms with E-state index >= 15 is 0 Å². The van der Waals surface area contributed by atoms with E-state index in [0.29, 0.717) is 5.92 Å². The quantitative estimate of drug-likeness (QED) is 0.515. The molecule has 0 spiro atoms. The van der Waals surface area contributed by atoms with Gasteiger partial charge in [-0.05, 0) is 5.92 Å². The van der Waals surface area contributed by atoms with Crippen LogP contribution in [0.5, 0.6) is 0 Å². The van der Waals surface area contributed by atoms with Crippen molar-refractivity contribution in [1.29, 1.82) is 0 Å². The number of nitrogens with one attached hydrogen (secondary N) is 1. The molecule has 9 heavy (non-hydrogen) atoms. The van der Waals surface area contributed by atoms with E-state index in [1.165, 1.54) is 0 Å². The fraction of sp³-hybridized carbons (Fsp3) is 1.00. The average Bonchev–Trinajstić information content (AvgIpc) is 1.83. The Labute approximate surface area is 56.6 Å². The van der Waals surface area contributed by atoms with E-state index in [1.807, 2.05) is 26.0 Å². The molecule has 0 aromatic heterocycles. The van der Waals surface area contributed by atoms with E-state index in [-0.39, 0.29) is 6.61 Å². The molecule has 0 saturated carbocycles. The van der Waals surface area contributed by atoms with Crippen molar-refractivity contribution in [3.05, 3.63) is 0 Å². The highest BCUT2D eigenvalue weighted by molar-refractivity contribution is 4.50. The number of hydrogen-bond acceptors (Lipinski definition) is 3. The van der Waals surface area contributed by atoms with Crippen LogP contribution < -0.4 is 5.43 Å². The van der Waals surface area contributed by atoms with E-state index in [2.05, 4.69) is 5.43 Å². The van der Waals surface area contributed by atoms with Crippen LogP contribution in [0.3, 0.4) is 0 Å². The van der Waals surface area contributed by atoms with Gasteiger partial charge in [0.25, 0.3) is 0 Å². The largest absolute Gasteiger partial charge is 0.396 e. The second-order valence-electron chi connectivity index (χ2n) is 2.54. The fourth-order valence-electron chi connectivity index (χ4n) is 0.403. The third-order valence-corrected chi connectivity index (χ3v) is 1.07. The zero-order chi connectivity index (χ0) is 7.28. The van der Waals surface area contributed by atoms with Crippen LogP contribution in [0, 0.1) is 5.92 Å². The lowest BCUT2D eigenvalue weighted by molar-refractivity contribution is 0.199. The molecule has 0 aliphatic carbocycles. The van der Waals surface area contributed by atoms with Gasteiger partial charge in [0.2, 0.25) is 0 Å². The van der Waals surface area contributed by atoms with Gasteiger partial charge in [0, 0.05) is 27.2 Å². The van der Waals surface area contributed by atoms with E-state index < -0.39 is 0 Å². The first-order valence-electron chi connectivity index (χ1n) is 3.18. The number of hydrazine groups is 1. The molecule has 0 radical (unpaired) electrons. The van der Waals surface area contributed by atoms with Gasteiger partial charge in [0.15, 0.2) is 0 Å². The summed E-state index contributed by atoms with van der Waals surface area (Å²) in [6.07, 6.45) is 0. The second-order valence-corrected chi connectivity index (χ2v) is 2.54. The monoisotopic (exact) mass is 132 g/mol. The van der Waals surface area contributed by atoms with Crippen LogP contribution in [-0.4, -0.2) is 37.4 Å². The lowest BCUT2D eigenvalue weighted by atomic mass is 10.2. The summed E-state index contributed by atoms with van der Waals surface area (Å²) in [5.41, 5.74) is 3.07. The van der Waals surface area contributed by atoms with Crippen molar-refractivity contribution < 1.29 is 5.11 Å². The second kappa shape index (κ2) is 4.73. The molecule has 1 atom stereocenters. The Hall–Kier alpha value is -0.120. The number of nitrogens with zero attached hydrogens (tertiary/aromatic N) is 1. The van der Waals surface area contributed by atoms with Crippen LogP contribution in [0.1, 0.15) is 6.92 Å². The lowest BCUT2D eigenvalue weighted by Gasteiger charge is -2.14. The number of aliphatic hydroxyl groups is 1. The highest BCUT2D eigenvalue weighted by Gasteiger charge is 1.97. The smallest absolute Gasteiger partial charge is 0.0469 e. The number of rotatable bonds is 4. The minimum atomic E-state index is 0.251. The van der Waals surface area contributed by atoms with Crippen molar-refractivity contribution >= 4 is 0 Å². The molecule has 0 aromatic carbocycles. The molecule has 2 N–H and O–H groups in total. The molecule has 0 aliphatic heterocycles. The molecule has 56 valence electrons. The van der Waals surface area contributed by atoms with E-state index in [4.69, 9.17) is 5.11 Å². The lowest BCUT2D eigenvalue weighted by Crippen LogP contribution is -2.34. The van der Waals surface area contributed by atoms with Crippen molar-refractivity contribution in [2.75, 3.05) is 27.2 Å². The van der Waals surface area contributed by atoms with E-state index in [9.17, 15) is 0 Å². The van der Waals surface area contributed by atoms with Gasteiger partial charge in [0.1, 0.15) is 0 Å². The van der Waals surface area contributed by atoms with Crippen LogP contribution in [-0.2, 0) is 0 Å². The van der Waals surface area contributed by atoms with Crippen molar-refractivity contribution in [3.8, 4) is 0 Å². The predicted molar refractivity (Wildman–Crippen MR) is 37.9 cm³/mol. The minimum absolute atomic E-state index is 0.251. The summed E-state index contributed by atoms with van der Waals surface area (Å²) in [7, 11) is 3.87. The average molecular weight is 132 g/mol. The molecular formula is C6H16N2O. The summed E-state index contributed by atoms with van der Waals surface area (Å²) in [6, 6.07) is 0. The first-order chi connectivity index (χ1) is 4.16. The maximum Gasteiger partial charge on any atom is 0.0469 e. The van der Waals surface area contributed by atoms with E-state index in [0.717, 1.165) is 6.54 Å². The Morgan fingerprint density at radius 3 is 2.44 bits per heavy atom. The first kappa shape index (κ1) is 8.88. The summed E-state index contributed by atoms with van der Waals surface area (Å²) in [5.74, 6) is 0.340. The molecule has 0 amide bonds. The minimum Gasteiger partial charge on any atom is -0.396 e. The van der Waals surface area contributed by atoms with Crippen LogP contribution in [0.4, 0.5) is 0 Å². The number of hydrogen-bond donors (Lipinski definition) is 2. The molecule has 0 aromatic rings. The molecule has 0 heterocycles. The maximum atomic E-state index is 8.59. The topological polar surface area (TPSA) is 35.5 Å². The Morgan fingerprint density at radius 1 is 1.56 bits per heavy atom. The van der Waals surface area contributed by atoms with Gasteiger partial charge in [-0.3, -0.25) is 10.4 Å². The zero-order valence-electron chi connectivity index (χ0n) is 6.39. The van der Waals surface area contributed by atoms with Gasteiger partial charge in [-0.25, -0.2) is 0 Å². The fourth-order valence-corrected chi connectivity index (χ4v) is 0.403. The van der Waals surface area contributed by atoms with Gasteiger partial charge < -0.3 is 5.11 Å². The van der Waals surface area contributed by atoms with Gasteiger partial charge in [-0.1, -0.05) is 6.92 Å². The molecule has 1 unspecified atom stereocenters. The molecule has 0 rings (SSSR count). The Kier molecular flexibility index (Phi) is 4.67. The maximum absolute atomic E-state index is 8.59. The normalized spacial score (nSPS) is 14.3. The van der Waals surface area contributed by atoms with Gasteiger partial charge in [0.05, 0.1) is 0 Å². The molecule has 3 nitrogen and oxygen atoms in total. The molecule has 3 heteroatoms. The summed E-state index contributed by atoms with van der Waals surface area (Å²) >= 11 is 0. The van der Waals surface area contributed by atoms with Crippen molar-refractivity contribution in [3.63, 3.8) is 0 Å². The summed E-state index contributed by atoms with van der Waals surface area (Å²) in [5, 5.41) is 10.5. The SMILES string of the molecule is CC(CO)CNN(C)C. The molecule has 0 aliphatic rings. The highest BCUT2D eigenvalue weighted by atomic mass is 16.3. The third kappa shape index (κ3) is 5.76. The third-order valence-electron chi connectivity index (χ3n) is 1.07. The Bertz CT molecular complexity index is 66.1. The zero-order valence-corrected chi connectivity index (χ0v) is 6.39. The summed E-state index contributed by atoms with van der Waals surface area (Å²) in [4.78, 5) is 0.